The van der Waals surface area contributed by atoms with Crippen LogP contribution in [0.5, 0.6) is 11.5 Å². The number of hydrogen-bond acceptors (Lipinski definition) is 5. The smallest absolute Gasteiger partial charge is 0.321 e. The number of aromatic nitrogens is 1. The molecular weight excluding hydrogens is 372 g/mol. The highest BCUT2D eigenvalue weighted by molar-refractivity contribution is 5.90. The molecule has 2 aliphatic heterocycles. The molecule has 0 saturated carbocycles. The van der Waals surface area contributed by atoms with Gasteiger partial charge in [0, 0.05) is 50.2 Å². The van der Waals surface area contributed by atoms with Gasteiger partial charge < -0.3 is 25.0 Å². The van der Waals surface area contributed by atoms with E-state index in [9.17, 15) is 9.59 Å². The molecule has 152 valence electrons. The molecule has 1 fully saturated rings. The second-order valence-corrected chi connectivity index (χ2v) is 7.23. The summed E-state index contributed by atoms with van der Waals surface area (Å²) in [6.45, 7) is 2.73. The highest BCUT2D eigenvalue weighted by Crippen LogP contribution is 2.32. The van der Waals surface area contributed by atoms with E-state index < -0.39 is 0 Å². The summed E-state index contributed by atoms with van der Waals surface area (Å²) in [5, 5.41) is 5.83. The molecule has 8 heteroatoms. The first-order chi connectivity index (χ1) is 14.2. The number of nitrogens with zero attached hydrogens (tertiary/aromatic N) is 2. The predicted octanol–water partition coefficient (Wildman–Crippen LogP) is 2.41. The van der Waals surface area contributed by atoms with E-state index in [2.05, 4.69) is 15.6 Å². The lowest BCUT2D eigenvalue weighted by Gasteiger charge is -2.20. The number of rotatable bonds is 5. The number of urea groups is 1. The summed E-state index contributed by atoms with van der Waals surface area (Å²) < 4.78 is 11.0. The van der Waals surface area contributed by atoms with E-state index in [-0.39, 0.29) is 17.9 Å². The van der Waals surface area contributed by atoms with Crippen molar-refractivity contribution in [1.29, 1.82) is 0 Å². The van der Waals surface area contributed by atoms with Crippen molar-refractivity contribution in [3.05, 3.63) is 48.3 Å². The Morgan fingerprint density at radius 1 is 1.10 bits per heavy atom. The molecule has 3 amide bonds. The fourth-order valence-corrected chi connectivity index (χ4v) is 3.54. The van der Waals surface area contributed by atoms with Gasteiger partial charge in [-0.25, -0.2) is 4.79 Å². The highest BCUT2D eigenvalue weighted by Gasteiger charge is 2.28. The lowest BCUT2D eigenvalue weighted by molar-refractivity contribution is -0.122. The summed E-state index contributed by atoms with van der Waals surface area (Å²) in [6.07, 6.45) is 4.64. The van der Waals surface area contributed by atoms with Crippen molar-refractivity contribution < 1.29 is 19.1 Å². The Bertz CT molecular complexity index is 874. The Labute approximate surface area is 169 Å². The molecule has 0 spiro atoms. The first-order valence-electron chi connectivity index (χ1n) is 9.78. The van der Waals surface area contributed by atoms with Crippen LogP contribution in [0, 0.1) is 5.92 Å². The Balaban J connectivity index is 1.24. The average Bonchev–Trinajstić information content (AvgIpc) is 3.21. The minimum Gasteiger partial charge on any atom is -0.486 e. The van der Waals surface area contributed by atoms with Crippen LogP contribution in [-0.4, -0.2) is 48.1 Å². The quantitative estimate of drug-likeness (QED) is 0.810. The molecule has 2 N–H and O–H groups in total. The van der Waals surface area contributed by atoms with E-state index in [0.717, 1.165) is 12.0 Å². The van der Waals surface area contributed by atoms with Crippen molar-refractivity contribution in [2.75, 3.05) is 31.6 Å². The van der Waals surface area contributed by atoms with Gasteiger partial charge in [-0.1, -0.05) is 0 Å². The number of nitrogens with one attached hydrogen (secondary N) is 2. The van der Waals surface area contributed by atoms with Crippen molar-refractivity contribution in [2.45, 2.75) is 19.4 Å². The minimum absolute atomic E-state index is 0.000839. The van der Waals surface area contributed by atoms with E-state index in [1.165, 1.54) is 0 Å². The van der Waals surface area contributed by atoms with Crippen molar-refractivity contribution in [2.24, 2.45) is 5.92 Å². The molecule has 4 rings (SSSR count). The molecule has 2 aliphatic rings. The van der Waals surface area contributed by atoms with Gasteiger partial charge in [0.2, 0.25) is 5.91 Å². The molecular formula is C21H24N4O4. The van der Waals surface area contributed by atoms with Crippen LogP contribution in [0.2, 0.25) is 0 Å². The normalized spacial score (nSPS) is 17.7. The van der Waals surface area contributed by atoms with Gasteiger partial charge in [-0.2, -0.15) is 0 Å². The molecule has 0 radical (unpaired) electrons. The van der Waals surface area contributed by atoms with Crippen molar-refractivity contribution in [3.8, 4) is 11.5 Å². The second-order valence-electron chi connectivity index (χ2n) is 7.23. The van der Waals surface area contributed by atoms with Crippen molar-refractivity contribution in [3.63, 3.8) is 0 Å². The summed E-state index contributed by atoms with van der Waals surface area (Å²) in [5.74, 6) is 1.49. The molecule has 1 saturated heterocycles. The van der Waals surface area contributed by atoms with Crippen LogP contribution in [0.4, 0.5) is 10.5 Å². The Hall–Kier alpha value is -3.29. The first kappa shape index (κ1) is 19.0. The number of amides is 3. The predicted molar refractivity (Wildman–Crippen MR) is 107 cm³/mol. The molecule has 0 bridgehead atoms. The molecule has 3 heterocycles. The minimum atomic E-state index is -0.165. The zero-order valence-corrected chi connectivity index (χ0v) is 16.1. The summed E-state index contributed by atoms with van der Waals surface area (Å²) in [4.78, 5) is 30.5. The van der Waals surface area contributed by atoms with Crippen LogP contribution in [0.25, 0.3) is 0 Å². The van der Waals surface area contributed by atoms with Crippen LogP contribution in [0.3, 0.4) is 0 Å². The number of carbonyl (C=O) groups excluding carboxylic acids is 2. The number of benzene rings is 1. The van der Waals surface area contributed by atoms with Gasteiger partial charge in [0.25, 0.3) is 0 Å². The fraction of sp³-hybridized carbons (Fsp3) is 0.381. The molecule has 8 nitrogen and oxygen atoms in total. The number of ether oxygens (including phenoxy) is 2. The Morgan fingerprint density at radius 2 is 1.90 bits per heavy atom. The van der Waals surface area contributed by atoms with Crippen LogP contribution in [0.15, 0.2) is 42.7 Å². The zero-order valence-electron chi connectivity index (χ0n) is 16.1. The van der Waals surface area contributed by atoms with E-state index in [1.54, 1.807) is 35.5 Å². The van der Waals surface area contributed by atoms with Gasteiger partial charge in [0.15, 0.2) is 11.5 Å². The summed E-state index contributed by atoms with van der Waals surface area (Å²) in [7, 11) is 0. The lowest BCUT2D eigenvalue weighted by Crippen LogP contribution is -2.33. The summed E-state index contributed by atoms with van der Waals surface area (Å²) in [5.41, 5.74) is 1.68. The maximum atomic E-state index is 12.6. The van der Waals surface area contributed by atoms with Crippen molar-refractivity contribution >= 4 is 17.6 Å². The third-order valence-corrected chi connectivity index (χ3v) is 5.08. The van der Waals surface area contributed by atoms with E-state index in [4.69, 9.17) is 9.47 Å². The largest absolute Gasteiger partial charge is 0.486 e. The SMILES string of the molecule is O=C(CC1CCN(C(=O)Nc2ccc3c(c2)OCCO3)C1)NCc1ccncc1. The van der Waals surface area contributed by atoms with E-state index in [1.807, 2.05) is 12.1 Å². The summed E-state index contributed by atoms with van der Waals surface area (Å²) >= 11 is 0. The molecule has 1 aromatic carbocycles. The number of hydrogen-bond donors (Lipinski definition) is 2. The number of anilines is 1. The van der Waals surface area contributed by atoms with Gasteiger partial charge in [-0.3, -0.25) is 9.78 Å². The van der Waals surface area contributed by atoms with Gasteiger partial charge >= 0.3 is 6.03 Å². The van der Waals surface area contributed by atoms with Gasteiger partial charge in [-0.15, -0.1) is 0 Å². The fourth-order valence-electron chi connectivity index (χ4n) is 3.54. The molecule has 2 aromatic rings. The average molecular weight is 396 g/mol. The maximum absolute atomic E-state index is 12.6. The van der Waals surface area contributed by atoms with Crippen LogP contribution in [0.1, 0.15) is 18.4 Å². The third kappa shape index (κ3) is 4.96. The van der Waals surface area contributed by atoms with Crippen molar-refractivity contribution in [1.82, 2.24) is 15.2 Å². The highest BCUT2D eigenvalue weighted by atomic mass is 16.6. The molecule has 0 aliphatic carbocycles. The molecule has 1 unspecified atom stereocenters. The molecule has 29 heavy (non-hydrogen) atoms. The topological polar surface area (TPSA) is 92.8 Å². The standard InChI is InChI=1S/C21H24N4O4/c26-20(23-13-15-3-6-22-7-4-15)11-16-5-8-25(14-16)21(27)24-17-1-2-18-19(12-17)29-10-9-28-18/h1-4,6-7,12,16H,5,8-11,13-14H2,(H,23,26)(H,24,27). The number of carbonyl (C=O) groups is 2. The molecule has 1 aromatic heterocycles. The summed E-state index contributed by atoms with van der Waals surface area (Å²) in [6, 6.07) is 8.95. The van der Waals surface area contributed by atoms with Crippen LogP contribution in [-0.2, 0) is 11.3 Å². The van der Waals surface area contributed by atoms with Crippen LogP contribution < -0.4 is 20.1 Å². The Morgan fingerprint density at radius 3 is 2.72 bits per heavy atom. The second kappa shape index (κ2) is 8.81. The third-order valence-electron chi connectivity index (χ3n) is 5.08. The van der Waals surface area contributed by atoms with E-state index >= 15 is 0 Å². The monoisotopic (exact) mass is 396 g/mol. The van der Waals surface area contributed by atoms with Gasteiger partial charge in [0.05, 0.1) is 0 Å². The first-order valence-corrected chi connectivity index (χ1v) is 9.78. The maximum Gasteiger partial charge on any atom is 0.321 e. The van der Waals surface area contributed by atoms with E-state index in [0.29, 0.717) is 56.5 Å². The van der Waals surface area contributed by atoms with Crippen LogP contribution >= 0.6 is 0 Å². The zero-order chi connectivity index (χ0) is 20.1. The number of pyridine rings is 1. The Kier molecular flexibility index (Phi) is 5.79. The van der Waals surface area contributed by atoms with Gasteiger partial charge in [-0.05, 0) is 42.2 Å². The number of likely N-dealkylation sites (tertiary alicyclic amines) is 1. The van der Waals surface area contributed by atoms with Gasteiger partial charge in [0.1, 0.15) is 13.2 Å². The lowest BCUT2D eigenvalue weighted by atomic mass is 10.0. The molecule has 1 atom stereocenters. The number of fused-ring (bicyclic) bond motifs is 1.